The number of ether oxygens (including phenoxy) is 1. The van der Waals surface area contributed by atoms with Gasteiger partial charge in [-0.15, -0.1) is 0 Å². The summed E-state index contributed by atoms with van der Waals surface area (Å²) >= 11 is 0. The van der Waals surface area contributed by atoms with Crippen molar-refractivity contribution >= 4 is 0 Å². The van der Waals surface area contributed by atoms with E-state index in [2.05, 4.69) is 5.18 Å². The molecule has 0 heterocycles. The summed E-state index contributed by atoms with van der Waals surface area (Å²) in [5, 5.41) is 29.2. The molecule has 3 unspecified atom stereocenters. The molecule has 78 valence electrons. The lowest BCUT2D eigenvalue weighted by molar-refractivity contribution is -0.156. The van der Waals surface area contributed by atoms with Gasteiger partial charge in [0.2, 0.25) is 0 Å². The Kier molecular flexibility index (Phi) is 5.72. The molecule has 0 aromatic carbocycles. The standard InChI is InChI=1S/C7H15NO5/c1-4(2)13-7(11)6(8-12)5(10)3-9/h4-7,9-11H,3H2,1-2H3. The Morgan fingerprint density at radius 2 is 1.92 bits per heavy atom. The maximum atomic E-state index is 10.2. The molecule has 0 spiro atoms. The summed E-state index contributed by atoms with van der Waals surface area (Å²) in [7, 11) is 0. The van der Waals surface area contributed by atoms with E-state index in [9.17, 15) is 10.0 Å². The van der Waals surface area contributed by atoms with Crippen molar-refractivity contribution in [1.82, 2.24) is 0 Å². The number of aliphatic hydroxyl groups is 3. The maximum Gasteiger partial charge on any atom is 0.183 e. The lowest BCUT2D eigenvalue weighted by Crippen LogP contribution is -2.40. The van der Waals surface area contributed by atoms with E-state index in [0.29, 0.717) is 0 Å². The average Bonchev–Trinajstić information content (AvgIpc) is 2.03. The van der Waals surface area contributed by atoms with Crippen molar-refractivity contribution in [3.63, 3.8) is 0 Å². The second-order valence-electron chi connectivity index (χ2n) is 2.92. The highest BCUT2D eigenvalue weighted by Crippen LogP contribution is 2.08. The molecular weight excluding hydrogens is 178 g/mol. The smallest absolute Gasteiger partial charge is 0.183 e. The Balaban J connectivity index is 4.13. The summed E-state index contributed by atoms with van der Waals surface area (Å²) in [6.07, 6.45) is -3.17. The molecule has 0 aliphatic carbocycles. The SMILES string of the molecule is CC(C)OC(O)C(N=O)C(O)CO. The minimum atomic E-state index is -1.49. The molecule has 0 saturated heterocycles. The number of rotatable bonds is 6. The van der Waals surface area contributed by atoms with Crippen LogP contribution in [0.5, 0.6) is 0 Å². The lowest BCUT2D eigenvalue weighted by Gasteiger charge is -2.21. The number of nitrogens with zero attached hydrogens (tertiary/aromatic N) is 1. The molecule has 0 rings (SSSR count). The zero-order chi connectivity index (χ0) is 10.4. The van der Waals surface area contributed by atoms with Crippen LogP contribution < -0.4 is 0 Å². The molecule has 3 N–H and O–H groups in total. The largest absolute Gasteiger partial charge is 0.394 e. The highest BCUT2D eigenvalue weighted by atomic mass is 16.6. The summed E-state index contributed by atoms with van der Waals surface area (Å²) in [5.74, 6) is 0. The van der Waals surface area contributed by atoms with Crippen molar-refractivity contribution in [1.29, 1.82) is 0 Å². The van der Waals surface area contributed by atoms with Gasteiger partial charge in [-0.05, 0) is 13.8 Å². The third-order valence-corrected chi connectivity index (χ3v) is 1.41. The van der Waals surface area contributed by atoms with Gasteiger partial charge in [-0.2, -0.15) is 4.91 Å². The first-order chi connectivity index (χ1) is 6.02. The van der Waals surface area contributed by atoms with E-state index in [1.165, 1.54) is 0 Å². The molecule has 0 aliphatic heterocycles. The van der Waals surface area contributed by atoms with Crippen LogP contribution in [0, 0.1) is 4.91 Å². The Bertz CT molecular complexity index is 152. The third-order valence-electron chi connectivity index (χ3n) is 1.41. The second-order valence-corrected chi connectivity index (χ2v) is 2.92. The Hall–Kier alpha value is -0.560. The van der Waals surface area contributed by atoms with Crippen molar-refractivity contribution in [3.8, 4) is 0 Å². The van der Waals surface area contributed by atoms with Crippen LogP contribution in [0.1, 0.15) is 13.8 Å². The van der Waals surface area contributed by atoms with Crippen LogP contribution in [-0.2, 0) is 4.74 Å². The number of aliphatic hydroxyl groups excluding tert-OH is 3. The van der Waals surface area contributed by atoms with Crippen LogP contribution in [0.4, 0.5) is 0 Å². The summed E-state index contributed by atoms with van der Waals surface area (Å²) in [4.78, 5) is 10.2. The number of hydrogen-bond acceptors (Lipinski definition) is 6. The van der Waals surface area contributed by atoms with Crippen molar-refractivity contribution in [2.45, 2.75) is 38.4 Å². The molecular formula is C7H15NO5. The van der Waals surface area contributed by atoms with Crippen LogP contribution in [0.15, 0.2) is 5.18 Å². The maximum absolute atomic E-state index is 10.2. The van der Waals surface area contributed by atoms with Gasteiger partial charge in [-0.25, -0.2) is 0 Å². The van der Waals surface area contributed by atoms with Gasteiger partial charge in [-0.1, -0.05) is 5.18 Å². The fraction of sp³-hybridized carbons (Fsp3) is 1.00. The van der Waals surface area contributed by atoms with Crippen LogP contribution in [0.2, 0.25) is 0 Å². The first-order valence-corrected chi connectivity index (χ1v) is 3.97. The quantitative estimate of drug-likeness (QED) is 0.379. The molecule has 6 nitrogen and oxygen atoms in total. The highest BCUT2D eigenvalue weighted by molar-refractivity contribution is 4.77. The van der Waals surface area contributed by atoms with Gasteiger partial charge in [0, 0.05) is 0 Å². The van der Waals surface area contributed by atoms with Crippen molar-refractivity contribution < 1.29 is 20.1 Å². The van der Waals surface area contributed by atoms with Gasteiger partial charge in [0.05, 0.1) is 12.7 Å². The summed E-state index contributed by atoms with van der Waals surface area (Å²) in [6, 6.07) is -1.35. The van der Waals surface area contributed by atoms with Crippen LogP contribution in [0.3, 0.4) is 0 Å². The first kappa shape index (κ1) is 12.4. The van der Waals surface area contributed by atoms with E-state index in [-0.39, 0.29) is 6.10 Å². The van der Waals surface area contributed by atoms with Gasteiger partial charge >= 0.3 is 0 Å². The van der Waals surface area contributed by atoms with E-state index in [1.54, 1.807) is 13.8 Å². The van der Waals surface area contributed by atoms with E-state index in [0.717, 1.165) is 0 Å². The molecule has 6 heteroatoms. The van der Waals surface area contributed by atoms with Gasteiger partial charge in [0.1, 0.15) is 6.10 Å². The Morgan fingerprint density at radius 1 is 1.38 bits per heavy atom. The van der Waals surface area contributed by atoms with Gasteiger partial charge < -0.3 is 20.1 Å². The van der Waals surface area contributed by atoms with Crippen LogP contribution >= 0.6 is 0 Å². The fourth-order valence-corrected chi connectivity index (χ4v) is 0.780. The summed E-state index contributed by atoms with van der Waals surface area (Å²) < 4.78 is 4.82. The van der Waals surface area contributed by atoms with E-state index in [4.69, 9.17) is 14.9 Å². The molecule has 0 saturated carbocycles. The zero-order valence-corrected chi connectivity index (χ0v) is 7.62. The molecule has 0 aromatic rings. The molecule has 0 fully saturated rings. The highest BCUT2D eigenvalue weighted by Gasteiger charge is 2.29. The zero-order valence-electron chi connectivity index (χ0n) is 7.62. The molecule has 0 aromatic heterocycles. The first-order valence-electron chi connectivity index (χ1n) is 3.97. The van der Waals surface area contributed by atoms with Gasteiger partial charge in [-0.3, -0.25) is 0 Å². The van der Waals surface area contributed by atoms with Crippen LogP contribution in [0.25, 0.3) is 0 Å². The van der Waals surface area contributed by atoms with E-state index >= 15 is 0 Å². The molecule has 3 atom stereocenters. The summed E-state index contributed by atoms with van der Waals surface area (Å²) in [5.41, 5.74) is 0. The Morgan fingerprint density at radius 3 is 2.23 bits per heavy atom. The monoisotopic (exact) mass is 193 g/mol. The minimum absolute atomic E-state index is 0.287. The van der Waals surface area contributed by atoms with E-state index in [1.807, 2.05) is 0 Å². The topological polar surface area (TPSA) is 99.4 Å². The Labute approximate surface area is 76.1 Å². The van der Waals surface area contributed by atoms with Crippen molar-refractivity contribution in [2.24, 2.45) is 5.18 Å². The fourth-order valence-electron chi connectivity index (χ4n) is 0.780. The minimum Gasteiger partial charge on any atom is -0.394 e. The molecule has 0 bridgehead atoms. The average molecular weight is 193 g/mol. The summed E-state index contributed by atoms with van der Waals surface area (Å²) in [6.45, 7) is 2.68. The molecule has 13 heavy (non-hydrogen) atoms. The molecule has 0 amide bonds. The number of hydrogen-bond donors (Lipinski definition) is 3. The predicted octanol–water partition coefficient (Wildman–Crippen LogP) is -0.782. The number of nitroso groups, excluding NO2 is 1. The molecule has 0 radical (unpaired) electrons. The van der Waals surface area contributed by atoms with Crippen molar-refractivity contribution in [2.75, 3.05) is 6.61 Å². The second kappa shape index (κ2) is 5.98. The van der Waals surface area contributed by atoms with E-state index < -0.39 is 25.0 Å². The van der Waals surface area contributed by atoms with Crippen LogP contribution in [-0.4, -0.2) is 46.5 Å². The normalized spacial score (nSPS) is 18.3. The molecule has 0 aliphatic rings. The third kappa shape index (κ3) is 4.28. The predicted molar refractivity (Wildman–Crippen MR) is 44.9 cm³/mol. The lowest BCUT2D eigenvalue weighted by atomic mass is 10.2. The van der Waals surface area contributed by atoms with Gasteiger partial charge in [0.15, 0.2) is 12.3 Å². The van der Waals surface area contributed by atoms with Gasteiger partial charge in [0.25, 0.3) is 0 Å². The van der Waals surface area contributed by atoms with Crippen molar-refractivity contribution in [3.05, 3.63) is 4.91 Å².